The molecule has 0 aliphatic rings. The molecule has 0 fully saturated rings. The van der Waals surface area contributed by atoms with E-state index in [9.17, 15) is 8.42 Å². The molecular formula is C18H30CaO3S+2. The Bertz CT molecular complexity index is 498. The smallest absolute Gasteiger partial charge is 0.282 e. The van der Waals surface area contributed by atoms with Crippen molar-refractivity contribution < 1.29 is 13.0 Å². The third-order valence-electron chi connectivity index (χ3n) is 4.04. The van der Waals surface area contributed by atoms with E-state index < -0.39 is 10.1 Å². The molecule has 0 radical (unpaired) electrons. The molecule has 3 nitrogen and oxygen atoms in total. The molecule has 23 heavy (non-hydrogen) atoms. The number of hydrogen-bond acceptors (Lipinski definition) is 2. The van der Waals surface area contributed by atoms with Crippen molar-refractivity contribution in [1.82, 2.24) is 0 Å². The number of aryl methyl sites for hydroxylation is 1. The Kier molecular flexibility index (Phi) is 13.9. The van der Waals surface area contributed by atoms with Crippen LogP contribution in [-0.2, 0) is 16.5 Å². The molecule has 0 atom stereocenters. The van der Waals surface area contributed by atoms with Crippen molar-refractivity contribution in [3.05, 3.63) is 29.8 Å². The second-order valence-electron chi connectivity index (χ2n) is 6.05. The van der Waals surface area contributed by atoms with Crippen LogP contribution in [-0.4, -0.2) is 50.7 Å². The number of hydrogen-bond donors (Lipinski definition) is 1. The number of benzene rings is 1. The van der Waals surface area contributed by atoms with Gasteiger partial charge in [-0.3, -0.25) is 4.55 Å². The summed E-state index contributed by atoms with van der Waals surface area (Å²) in [5, 5.41) is 0. The largest absolute Gasteiger partial charge is 2.00 e. The number of unbranched alkanes of at least 4 members (excludes halogenated alkanes) is 9. The average molecular weight is 367 g/mol. The molecule has 0 amide bonds. The molecule has 0 saturated carbocycles. The van der Waals surface area contributed by atoms with E-state index in [1.54, 1.807) is 12.1 Å². The van der Waals surface area contributed by atoms with E-state index in [1.165, 1.54) is 69.9 Å². The van der Waals surface area contributed by atoms with Gasteiger partial charge in [0.2, 0.25) is 0 Å². The summed E-state index contributed by atoms with van der Waals surface area (Å²) >= 11 is 0. The van der Waals surface area contributed by atoms with E-state index in [-0.39, 0.29) is 42.6 Å². The van der Waals surface area contributed by atoms with Crippen LogP contribution in [0.5, 0.6) is 0 Å². The SMILES string of the molecule is CCCCCCCCCCCCc1ccc(S(=O)(=O)O)cc1.[Ca+2]. The van der Waals surface area contributed by atoms with Gasteiger partial charge in [-0.2, -0.15) is 8.42 Å². The first-order valence-corrected chi connectivity index (χ1v) is 10.0. The molecule has 126 valence electrons. The molecule has 1 rings (SSSR count). The summed E-state index contributed by atoms with van der Waals surface area (Å²) in [4.78, 5) is -0.0284. The van der Waals surface area contributed by atoms with Gasteiger partial charge in [-0.05, 0) is 30.5 Å². The molecule has 0 aromatic heterocycles. The minimum atomic E-state index is -4.06. The normalized spacial score (nSPS) is 11.2. The molecular weight excluding hydrogens is 336 g/mol. The molecule has 1 aromatic rings. The van der Waals surface area contributed by atoms with E-state index in [0.717, 1.165) is 18.4 Å². The Balaban J connectivity index is 0.00000484. The minimum absolute atomic E-state index is 0. The van der Waals surface area contributed by atoms with Gasteiger partial charge in [0.05, 0.1) is 4.90 Å². The molecule has 1 N–H and O–H groups in total. The summed E-state index contributed by atoms with van der Waals surface area (Å²) < 4.78 is 30.8. The van der Waals surface area contributed by atoms with Gasteiger partial charge in [-0.25, -0.2) is 0 Å². The van der Waals surface area contributed by atoms with Gasteiger partial charge in [0, 0.05) is 0 Å². The van der Waals surface area contributed by atoms with Crippen LogP contribution in [0.1, 0.15) is 76.7 Å². The maximum Gasteiger partial charge on any atom is 2.00 e. The van der Waals surface area contributed by atoms with Gasteiger partial charge in [0.1, 0.15) is 0 Å². The van der Waals surface area contributed by atoms with Crippen LogP contribution in [0.15, 0.2) is 29.2 Å². The zero-order valence-electron chi connectivity index (χ0n) is 14.5. The maximum atomic E-state index is 10.9. The van der Waals surface area contributed by atoms with Crippen LogP contribution < -0.4 is 0 Å². The van der Waals surface area contributed by atoms with E-state index in [0.29, 0.717) is 0 Å². The van der Waals surface area contributed by atoms with E-state index in [1.807, 2.05) is 0 Å². The molecule has 5 heteroatoms. The first-order valence-electron chi connectivity index (χ1n) is 8.60. The van der Waals surface area contributed by atoms with Crippen molar-refractivity contribution in [2.24, 2.45) is 0 Å². The fourth-order valence-electron chi connectivity index (χ4n) is 2.64. The maximum absolute atomic E-state index is 10.9. The fourth-order valence-corrected chi connectivity index (χ4v) is 3.12. The molecule has 0 saturated heterocycles. The van der Waals surface area contributed by atoms with Crippen molar-refractivity contribution in [2.45, 2.75) is 82.4 Å². The zero-order valence-corrected chi connectivity index (χ0v) is 17.5. The first-order chi connectivity index (χ1) is 10.5. The van der Waals surface area contributed by atoms with Crippen LogP contribution in [0.2, 0.25) is 0 Å². The van der Waals surface area contributed by atoms with E-state index >= 15 is 0 Å². The third-order valence-corrected chi connectivity index (χ3v) is 4.91. The Labute approximate surface area is 172 Å². The summed E-state index contributed by atoms with van der Waals surface area (Å²) in [5.41, 5.74) is 1.13. The molecule has 0 heterocycles. The summed E-state index contributed by atoms with van der Waals surface area (Å²) in [7, 11) is -4.06. The predicted octanol–water partition coefficient (Wildman–Crippen LogP) is 5.02. The van der Waals surface area contributed by atoms with Crippen LogP contribution in [0.4, 0.5) is 0 Å². The molecule has 1 aromatic carbocycles. The predicted molar refractivity (Wildman–Crippen MR) is 97.6 cm³/mol. The van der Waals surface area contributed by atoms with E-state index in [2.05, 4.69) is 6.92 Å². The third kappa shape index (κ3) is 11.5. The quantitative estimate of drug-likeness (QED) is 0.321. The monoisotopic (exact) mass is 366 g/mol. The zero-order chi connectivity index (χ0) is 16.3. The summed E-state index contributed by atoms with van der Waals surface area (Å²) in [6.45, 7) is 2.25. The van der Waals surface area contributed by atoms with Crippen molar-refractivity contribution in [2.75, 3.05) is 0 Å². The first kappa shape index (κ1) is 23.4. The molecule has 0 aliphatic heterocycles. The summed E-state index contributed by atoms with van der Waals surface area (Å²) in [6.07, 6.45) is 14.1. The van der Waals surface area contributed by atoms with E-state index in [4.69, 9.17) is 4.55 Å². The van der Waals surface area contributed by atoms with Gasteiger partial charge in [-0.1, -0.05) is 76.8 Å². The molecule has 0 unspecified atom stereocenters. The molecule has 0 bridgehead atoms. The van der Waals surface area contributed by atoms with Gasteiger partial charge >= 0.3 is 37.7 Å². The van der Waals surface area contributed by atoms with Gasteiger partial charge in [0.15, 0.2) is 0 Å². The van der Waals surface area contributed by atoms with Gasteiger partial charge in [0.25, 0.3) is 10.1 Å². The van der Waals surface area contributed by atoms with Gasteiger partial charge in [-0.15, -0.1) is 0 Å². The van der Waals surface area contributed by atoms with Crippen molar-refractivity contribution >= 4 is 47.9 Å². The summed E-state index contributed by atoms with van der Waals surface area (Å²) in [6, 6.07) is 6.52. The Hall–Kier alpha value is 0.390. The van der Waals surface area contributed by atoms with Crippen LogP contribution in [0.25, 0.3) is 0 Å². The summed E-state index contributed by atoms with van der Waals surface area (Å²) in [5.74, 6) is 0. The van der Waals surface area contributed by atoms with Crippen LogP contribution in [0, 0.1) is 0 Å². The second kappa shape index (κ2) is 13.7. The second-order valence-corrected chi connectivity index (χ2v) is 7.47. The van der Waals surface area contributed by atoms with Gasteiger partial charge < -0.3 is 0 Å². The van der Waals surface area contributed by atoms with Crippen molar-refractivity contribution in [3.63, 3.8) is 0 Å². The average Bonchev–Trinajstić information content (AvgIpc) is 2.49. The van der Waals surface area contributed by atoms with Crippen LogP contribution >= 0.6 is 0 Å². The Morgan fingerprint density at radius 1 is 0.783 bits per heavy atom. The minimum Gasteiger partial charge on any atom is -0.282 e. The number of rotatable bonds is 12. The van der Waals surface area contributed by atoms with Crippen molar-refractivity contribution in [3.8, 4) is 0 Å². The van der Waals surface area contributed by atoms with Crippen molar-refractivity contribution in [1.29, 1.82) is 0 Å². The standard InChI is InChI=1S/C18H30O3S.Ca/c1-2-3-4-5-6-7-8-9-10-11-12-17-13-15-18(16-14-17)22(19,20)21;/h13-16H,2-12H2,1H3,(H,19,20,21);/q;+2. The topological polar surface area (TPSA) is 54.4 Å². The Morgan fingerprint density at radius 2 is 1.22 bits per heavy atom. The van der Waals surface area contributed by atoms with Crippen LogP contribution in [0.3, 0.4) is 0 Å². The fraction of sp³-hybridized carbons (Fsp3) is 0.667. The molecule has 0 aliphatic carbocycles. The Morgan fingerprint density at radius 3 is 1.65 bits per heavy atom. The molecule has 0 spiro atoms.